The molecule has 6 heteroatoms. The first-order valence-corrected chi connectivity index (χ1v) is 7.31. The average molecular weight is 331 g/mol. The molecule has 0 aliphatic heterocycles. The lowest BCUT2D eigenvalue weighted by atomic mass is 10.2. The summed E-state index contributed by atoms with van der Waals surface area (Å²) in [5, 5.41) is 13.3. The van der Waals surface area contributed by atoms with Crippen LogP contribution in [0.3, 0.4) is 0 Å². The third-order valence-corrected chi connectivity index (χ3v) is 3.25. The van der Waals surface area contributed by atoms with Gasteiger partial charge in [0.05, 0.1) is 23.8 Å². The van der Waals surface area contributed by atoms with Gasteiger partial charge < -0.3 is 4.90 Å². The molecule has 1 amide bonds. The molecule has 0 atom stereocenters. The molecule has 0 N–H and O–H groups in total. The lowest BCUT2D eigenvalue weighted by Gasteiger charge is -2.05. The van der Waals surface area contributed by atoms with E-state index in [0.717, 1.165) is 17.7 Å². The molecule has 0 fully saturated rings. The maximum Gasteiger partial charge on any atom is 0.209 e. The highest BCUT2D eigenvalue weighted by Gasteiger charge is 2.09. The average Bonchev–Trinajstić information content (AvgIpc) is 2.90. The Balaban J connectivity index is 0.000000463. The van der Waals surface area contributed by atoms with Gasteiger partial charge in [-0.25, -0.2) is 0 Å². The summed E-state index contributed by atoms with van der Waals surface area (Å²) >= 11 is 6.01. The predicted octanol–water partition coefficient (Wildman–Crippen LogP) is 3.05. The number of nitriles is 1. The van der Waals surface area contributed by atoms with E-state index in [1.807, 2.05) is 48.0 Å². The van der Waals surface area contributed by atoms with Gasteiger partial charge >= 0.3 is 0 Å². The molecule has 2 aromatic rings. The van der Waals surface area contributed by atoms with Crippen molar-refractivity contribution in [2.75, 3.05) is 14.1 Å². The third kappa shape index (κ3) is 5.97. The van der Waals surface area contributed by atoms with E-state index in [4.69, 9.17) is 16.9 Å². The van der Waals surface area contributed by atoms with Gasteiger partial charge in [-0.05, 0) is 12.5 Å². The molecular formula is C17H19ClN4O. The van der Waals surface area contributed by atoms with E-state index in [-0.39, 0.29) is 0 Å². The number of nitrogens with zero attached hydrogens (tertiary/aromatic N) is 4. The van der Waals surface area contributed by atoms with Crippen molar-refractivity contribution in [1.29, 1.82) is 5.26 Å². The first-order chi connectivity index (χ1) is 11.0. The lowest BCUT2D eigenvalue weighted by molar-refractivity contribution is -0.115. The molecule has 0 spiro atoms. The van der Waals surface area contributed by atoms with E-state index >= 15 is 0 Å². The normalized spacial score (nSPS) is 10.3. The maximum atomic E-state index is 9.43. The van der Waals surface area contributed by atoms with Crippen molar-refractivity contribution in [3.8, 4) is 6.07 Å². The molecule has 0 unspecified atom stereocenters. The van der Waals surface area contributed by atoms with Crippen molar-refractivity contribution in [3.63, 3.8) is 0 Å². The van der Waals surface area contributed by atoms with Crippen LogP contribution in [0.5, 0.6) is 0 Å². The molecule has 120 valence electrons. The fourth-order valence-electron chi connectivity index (χ4n) is 1.73. The van der Waals surface area contributed by atoms with Crippen molar-refractivity contribution >= 4 is 23.0 Å². The van der Waals surface area contributed by atoms with E-state index in [0.29, 0.717) is 11.6 Å². The topological polar surface area (TPSA) is 61.9 Å². The molecule has 23 heavy (non-hydrogen) atoms. The van der Waals surface area contributed by atoms with Crippen LogP contribution >= 0.6 is 11.6 Å². The maximum absolute atomic E-state index is 9.43. The number of rotatable bonds is 4. The van der Waals surface area contributed by atoms with Crippen LogP contribution in [-0.2, 0) is 11.3 Å². The zero-order valence-corrected chi connectivity index (χ0v) is 14.2. The fourth-order valence-corrected chi connectivity index (χ4v) is 1.97. The summed E-state index contributed by atoms with van der Waals surface area (Å²) in [7, 11) is 3.38. The zero-order chi connectivity index (χ0) is 17.2. The van der Waals surface area contributed by atoms with Crippen LogP contribution in [0, 0.1) is 18.3 Å². The Kier molecular flexibility index (Phi) is 7.58. The molecule has 0 bridgehead atoms. The first kappa shape index (κ1) is 18.5. The highest BCUT2D eigenvalue weighted by atomic mass is 35.5. The first-order valence-electron chi connectivity index (χ1n) is 6.93. The Morgan fingerprint density at radius 3 is 2.52 bits per heavy atom. The number of halogens is 1. The summed E-state index contributed by atoms with van der Waals surface area (Å²) in [6.45, 7) is 2.64. The Labute approximate surface area is 141 Å². The summed E-state index contributed by atoms with van der Waals surface area (Å²) in [4.78, 5) is 10.9. The minimum atomic E-state index is 0.425. The van der Waals surface area contributed by atoms with Gasteiger partial charge in [0.1, 0.15) is 0 Å². The van der Waals surface area contributed by atoms with Gasteiger partial charge in [0.25, 0.3) is 0 Å². The third-order valence-electron chi connectivity index (χ3n) is 2.94. The SMILES string of the molecule is CN(C)C=O.Cc1c(/C(Cl)=C/C#N)cnn1Cc1ccccc1. The van der Waals surface area contributed by atoms with Gasteiger partial charge in [-0.2, -0.15) is 10.4 Å². The van der Waals surface area contributed by atoms with Crippen LogP contribution in [0.25, 0.3) is 5.03 Å². The molecular weight excluding hydrogens is 312 g/mol. The molecule has 0 saturated carbocycles. The van der Waals surface area contributed by atoms with Gasteiger partial charge in [-0.1, -0.05) is 41.9 Å². The molecule has 0 saturated heterocycles. The quantitative estimate of drug-likeness (QED) is 0.639. The second-order valence-corrected chi connectivity index (χ2v) is 5.38. The van der Waals surface area contributed by atoms with E-state index in [1.54, 1.807) is 20.3 Å². The van der Waals surface area contributed by atoms with E-state index in [2.05, 4.69) is 5.10 Å². The number of carbonyl (C=O) groups is 1. The van der Waals surface area contributed by atoms with Crippen LogP contribution in [0.2, 0.25) is 0 Å². The molecule has 1 aromatic carbocycles. The minimum Gasteiger partial charge on any atom is -0.351 e. The minimum absolute atomic E-state index is 0.425. The van der Waals surface area contributed by atoms with E-state index in [1.165, 1.54) is 16.5 Å². The summed E-state index contributed by atoms with van der Waals surface area (Å²) < 4.78 is 1.87. The summed E-state index contributed by atoms with van der Waals surface area (Å²) in [5.74, 6) is 0. The zero-order valence-electron chi connectivity index (χ0n) is 13.4. The summed E-state index contributed by atoms with van der Waals surface area (Å²) in [5.41, 5.74) is 2.93. The van der Waals surface area contributed by atoms with Crippen LogP contribution in [0.1, 0.15) is 16.8 Å². The second kappa shape index (κ2) is 9.44. The number of aromatic nitrogens is 2. The van der Waals surface area contributed by atoms with Gasteiger partial charge in [0, 0.05) is 31.4 Å². The Bertz CT molecular complexity index is 699. The molecule has 0 aliphatic carbocycles. The van der Waals surface area contributed by atoms with Crippen molar-refractivity contribution in [3.05, 3.63) is 59.4 Å². The molecule has 2 rings (SSSR count). The molecule has 1 heterocycles. The van der Waals surface area contributed by atoms with Gasteiger partial charge in [-0.3, -0.25) is 9.48 Å². The number of hydrogen-bond acceptors (Lipinski definition) is 3. The van der Waals surface area contributed by atoms with Crippen molar-refractivity contribution in [2.24, 2.45) is 0 Å². The number of carbonyl (C=O) groups excluding carboxylic acids is 1. The van der Waals surface area contributed by atoms with Gasteiger partial charge in [0.2, 0.25) is 6.41 Å². The molecule has 1 aromatic heterocycles. The van der Waals surface area contributed by atoms with Crippen LogP contribution in [-0.4, -0.2) is 35.2 Å². The molecule has 0 radical (unpaired) electrons. The Hall–Kier alpha value is -2.58. The summed E-state index contributed by atoms with van der Waals surface area (Å²) in [6, 6.07) is 12.0. The van der Waals surface area contributed by atoms with Crippen molar-refractivity contribution in [1.82, 2.24) is 14.7 Å². The highest BCUT2D eigenvalue weighted by Crippen LogP contribution is 2.22. The lowest BCUT2D eigenvalue weighted by Crippen LogP contribution is -2.06. The monoisotopic (exact) mass is 330 g/mol. The largest absolute Gasteiger partial charge is 0.351 e. The molecule has 5 nitrogen and oxygen atoms in total. The Morgan fingerprint density at radius 1 is 1.39 bits per heavy atom. The van der Waals surface area contributed by atoms with Crippen LogP contribution in [0.4, 0.5) is 0 Å². The van der Waals surface area contributed by atoms with Crippen molar-refractivity contribution < 1.29 is 4.79 Å². The number of allylic oxidation sites excluding steroid dienone is 1. The fraction of sp³-hybridized carbons (Fsp3) is 0.235. The smallest absolute Gasteiger partial charge is 0.209 e. The summed E-state index contributed by atoms with van der Waals surface area (Å²) in [6.07, 6.45) is 3.76. The second-order valence-electron chi connectivity index (χ2n) is 4.98. The van der Waals surface area contributed by atoms with Gasteiger partial charge in [-0.15, -0.1) is 0 Å². The standard InChI is InChI=1S/C14H12ClN3.C3H7NO/c1-11-13(14(15)7-8-16)9-17-18(11)10-12-5-3-2-4-6-12;1-4(2)3-5/h2-7,9H,10H2,1H3;3H,1-2H3/b14-7-;. The number of amides is 1. The van der Waals surface area contributed by atoms with Crippen LogP contribution < -0.4 is 0 Å². The Morgan fingerprint density at radius 2 is 2.00 bits per heavy atom. The molecule has 0 aliphatic rings. The highest BCUT2D eigenvalue weighted by molar-refractivity contribution is 6.49. The van der Waals surface area contributed by atoms with Gasteiger partial charge in [0.15, 0.2) is 0 Å². The predicted molar refractivity (Wildman–Crippen MR) is 91.7 cm³/mol. The number of benzene rings is 1. The van der Waals surface area contributed by atoms with Crippen molar-refractivity contribution in [2.45, 2.75) is 13.5 Å². The van der Waals surface area contributed by atoms with E-state index in [9.17, 15) is 4.79 Å². The number of hydrogen-bond donors (Lipinski definition) is 0. The van der Waals surface area contributed by atoms with Crippen LogP contribution in [0.15, 0.2) is 42.6 Å². The van der Waals surface area contributed by atoms with E-state index < -0.39 is 0 Å².